The Morgan fingerprint density at radius 3 is 2.33 bits per heavy atom. The van der Waals surface area contributed by atoms with Crippen LogP contribution < -0.4 is 0 Å². The van der Waals surface area contributed by atoms with Gasteiger partial charge in [0.1, 0.15) is 0 Å². The van der Waals surface area contributed by atoms with Crippen LogP contribution in [-0.2, 0) is 4.74 Å². The fraction of sp³-hybridized carbons (Fsp3) is 0.500. The summed E-state index contributed by atoms with van der Waals surface area (Å²) in [7, 11) is 0. The van der Waals surface area contributed by atoms with E-state index in [0.717, 1.165) is 19.1 Å². The van der Waals surface area contributed by atoms with Crippen LogP contribution >= 0.6 is 22.6 Å². The summed E-state index contributed by atoms with van der Waals surface area (Å²) < 4.78 is 6.53. The van der Waals surface area contributed by atoms with E-state index in [0.29, 0.717) is 6.04 Å². The number of halogens is 1. The predicted octanol–water partition coefficient (Wildman–Crippen LogP) is 2.09. The molecule has 0 radical (unpaired) electrons. The molecule has 15 heavy (non-hydrogen) atoms. The molecule has 0 amide bonds. The standard InChI is InChI=1S/C12H14INO/c13-11-3-1-9(2-4-11)10-5-14(6-10)12-7-15-8-12/h1-4,10,12H,5-8H2. The van der Waals surface area contributed by atoms with Crippen molar-refractivity contribution in [1.82, 2.24) is 4.90 Å². The van der Waals surface area contributed by atoms with Crippen LogP contribution in [0.3, 0.4) is 0 Å². The minimum absolute atomic E-state index is 0.713. The number of hydrogen-bond acceptors (Lipinski definition) is 2. The summed E-state index contributed by atoms with van der Waals surface area (Å²) in [5.74, 6) is 0.752. The number of likely N-dealkylation sites (tertiary alicyclic amines) is 1. The van der Waals surface area contributed by atoms with E-state index in [4.69, 9.17) is 4.74 Å². The van der Waals surface area contributed by atoms with Crippen LogP contribution in [0.25, 0.3) is 0 Å². The molecule has 0 spiro atoms. The second-order valence-corrected chi connectivity index (χ2v) is 5.64. The van der Waals surface area contributed by atoms with E-state index in [1.54, 1.807) is 0 Å². The molecule has 2 fully saturated rings. The van der Waals surface area contributed by atoms with Crippen molar-refractivity contribution in [1.29, 1.82) is 0 Å². The highest BCUT2D eigenvalue weighted by atomic mass is 127. The number of ether oxygens (including phenoxy) is 1. The lowest BCUT2D eigenvalue weighted by molar-refractivity contribution is -0.0906. The fourth-order valence-electron chi connectivity index (χ4n) is 2.19. The first-order valence-corrected chi connectivity index (χ1v) is 6.48. The van der Waals surface area contributed by atoms with Crippen molar-refractivity contribution in [2.75, 3.05) is 26.3 Å². The lowest BCUT2D eigenvalue weighted by atomic mass is 9.90. The molecular formula is C12H14INO. The van der Waals surface area contributed by atoms with Crippen LogP contribution in [0.1, 0.15) is 11.5 Å². The van der Waals surface area contributed by atoms with Crippen LogP contribution in [0, 0.1) is 3.57 Å². The van der Waals surface area contributed by atoms with Crippen LogP contribution in [-0.4, -0.2) is 37.2 Å². The largest absolute Gasteiger partial charge is 0.378 e. The maximum atomic E-state index is 5.21. The molecule has 1 aromatic rings. The van der Waals surface area contributed by atoms with Gasteiger partial charge in [0.2, 0.25) is 0 Å². The minimum Gasteiger partial charge on any atom is -0.378 e. The van der Waals surface area contributed by atoms with Gasteiger partial charge in [0.05, 0.1) is 19.3 Å². The molecule has 0 atom stereocenters. The van der Waals surface area contributed by atoms with Crippen molar-refractivity contribution in [2.24, 2.45) is 0 Å². The van der Waals surface area contributed by atoms with Crippen LogP contribution in [0.5, 0.6) is 0 Å². The van der Waals surface area contributed by atoms with Crippen molar-refractivity contribution < 1.29 is 4.74 Å². The third-order valence-corrected chi connectivity index (χ3v) is 4.11. The van der Waals surface area contributed by atoms with Crippen LogP contribution in [0.4, 0.5) is 0 Å². The molecule has 0 saturated carbocycles. The highest BCUT2D eigenvalue weighted by Crippen LogP contribution is 2.30. The Hall–Kier alpha value is -0.130. The third-order valence-electron chi connectivity index (χ3n) is 3.39. The van der Waals surface area contributed by atoms with Crippen LogP contribution in [0.2, 0.25) is 0 Å². The average molecular weight is 315 g/mol. The molecule has 2 saturated heterocycles. The second kappa shape index (κ2) is 4.03. The zero-order chi connectivity index (χ0) is 10.3. The molecule has 0 bridgehead atoms. The van der Waals surface area contributed by atoms with E-state index in [2.05, 4.69) is 51.8 Å². The highest BCUT2D eigenvalue weighted by Gasteiger charge is 2.36. The van der Waals surface area contributed by atoms with Crippen molar-refractivity contribution in [3.05, 3.63) is 33.4 Å². The fourth-order valence-corrected chi connectivity index (χ4v) is 2.55. The van der Waals surface area contributed by atoms with Gasteiger partial charge in [-0.1, -0.05) is 12.1 Å². The van der Waals surface area contributed by atoms with Gasteiger partial charge in [0, 0.05) is 22.6 Å². The van der Waals surface area contributed by atoms with Gasteiger partial charge in [-0.3, -0.25) is 4.90 Å². The van der Waals surface area contributed by atoms with E-state index in [1.165, 1.54) is 22.2 Å². The molecule has 0 aliphatic carbocycles. The molecule has 1 aromatic carbocycles. The Kier molecular flexibility index (Phi) is 2.70. The topological polar surface area (TPSA) is 12.5 Å². The molecule has 0 N–H and O–H groups in total. The van der Waals surface area contributed by atoms with Crippen molar-refractivity contribution >= 4 is 22.6 Å². The van der Waals surface area contributed by atoms with E-state index in [-0.39, 0.29) is 0 Å². The van der Waals surface area contributed by atoms with Gasteiger partial charge >= 0.3 is 0 Å². The Balaban J connectivity index is 1.59. The Morgan fingerprint density at radius 1 is 1.13 bits per heavy atom. The summed E-state index contributed by atoms with van der Waals surface area (Å²) in [6.07, 6.45) is 0. The first-order chi connectivity index (χ1) is 7.33. The quantitative estimate of drug-likeness (QED) is 0.775. The first-order valence-electron chi connectivity index (χ1n) is 5.40. The molecule has 3 heteroatoms. The zero-order valence-corrected chi connectivity index (χ0v) is 10.7. The van der Waals surface area contributed by atoms with Gasteiger partial charge in [-0.15, -0.1) is 0 Å². The lowest BCUT2D eigenvalue weighted by Crippen LogP contribution is -2.58. The smallest absolute Gasteiger partial charge is 0.0645 e. The molecule has 0 aromatic heterocycles. The highest BCUT2D eigenvalue weighted by molar-refractivity contribution is 14.1. The monoisotopic (exact) mass is 315 g/mol. The van der Waals surface area contributed by atoms with Crippen molar-refractivity contribution in [3.63, 3.8) is 0 Å². The Morgan fingerprint density at radius 2 is 1.80 bits per heavy atom. The average Bonchev–Trinajstić information content (AvgIpc) is 2.09. The summed E-state index contributed by atoms with van der Waals surface area (Å²) in [5.41, 5.74) is 1.49. The summed E-state index contributed by atoms with van der Waals surface area (Å²) in [6.45, 7) is 4.32. The van der Waals surface area contributed by atoms with Gasteiger partial charge in [0.15, 0.2) is 0 Å². The third kappa shape index (κ3) is 1.92. The molecule has 3 rings (SSSR count). The molecule has 80 valence electrons. The van der Waals surface area contributed by atoms with Crippen LogP contribution in [0.15, 0.2) is 24.3 Å². The number of nitrogens with zero attached hydrogens (tertiary/aromatic N) is 1. The molecule has 2 heterocycles. The second-order valence-electron chi connectivity index (χ2n) is 4.39. The van der Waals surface area contributed by atoms with E-state index < -0.39 is 0 Å². The predicted molar refractivity (Wildman–Crippen MR) is 68.1 cm³/mol. The summed E-state index contributed by atoms with van der Waals surface area (Å²) in [4.78, 5) is 2.53. The maximum absolute atomic E-state index is 5.21. The van der Waals surface area contributed by atoms with Crippen molar-refractivity contribution in [2.45, 2.75) is 12.0 Å². The van der Waals surface area contributed by atoms with Gasteiger partial charge < -0.3 is 4.74 Å². The maximum Gasteiger partial charge on any atom is 0.0645 e. The number of benzene rings is 1. The van der Waals surface area contributed by atoms with Gasteiger partial charge in [-0.25, -0.2) is 0 Å². The van der Waals surface area contributed by atoms with E-state index in [9.17, 15) is 0 Å². The molecule has 2 nitrogen and oxygen atoms in total. The van der Waals surface area contributed by atoms with Gasteiger partial charge in [-0.05, 0) is 40.3 Å². The summed E-state index contributed by atoms with van der Waals surface area (Å²) in [5, 5.41) is 0. The van der Waals surface area contributed by atoms with E-state index in [1.807, 2.05) is 0 Å². The minimum atomic E-state index is 0.713. The normalized spacial score (nSPS) is 23.5. The Labute approximate surface area is 104 Å². The van der Waals surface area contributed by atoms with Gasteiger partial charge in [-0.2, -0.15) is 0 Å². The molecule has 2 aliphatic heterocycles. The molecular weight excluding hydrogens is 301 g/mol. The number of hydrogen-bond donors (Lipinski definition) is 0. The first kappa shape index (κ1) is 10.1. The summed E-state index contributed by atoms with van der Waals surface area (Å²) in [6, 6.07) is 9.64. The zero-order valence-electron chi connectivity index (χ0n) is 8.53. The molecule has 0 unspecified atom stereocenters. The molecule has 2 aliphatic rings. The number of rotatable bonds is 2. The SMILES string of the molecule is Ic1ccc(C2CN(C3COC3)C2)cc1. The lowest BCUT2D eigenvalue weighted by Gasteiger charge is -2.47. The van der Waals surface area contributed by atoms with Crippen molar-refractivity contribution in [3.8, 4) is 0 Å². The van der Waals surface area contributed by atoms with Gasteiger partial charge in [0.25, 0.3) is 0 Å². The Bertz CT molecular complexity index is 341. The van der Waals surface area contributed by atoms with E-state index >= 15 is 0 Å². The summed E-state index contributed by atoms with van der Waals surface area (Å²) >= 11 is 2.35.